The Morgan fingerprint density at radius 1 is 0.722 bits per heavy atom. The van der Waals surface area contributed by atoms with E-state index in [4.69, 9.17) is 14.2 Å². The van der Waals surface area contributed by atoms with Gasteiger partial charge in [-0.15, -0.1) is 0 Å². The summed E-state index contributed by atoms with van der Waals surface area (Å²) < 4.78 is 16.4. The zero-order valence-corrected chi connectivity index (χ0v) is 21.0. The molecule has 0 saturated carbocycles. The van der Waals surface area contributed by atoms with E-state index >= 15 is 0 Å². The van der Waals surface area contributed by atoms with Gasteiger partial charge in [-0.05, 0) is 69.8 Å². The first-order chi connectivity index (χ1) is 17.2. The van der Waals surface area contributed by atoms with Crippen LogP contribution in [0.15, 0.2) is 84.9 Å². The van der Waals surface area contributed by atoms with E-state index in [9.17, 15) is 9.59 Å². The van der Waals surface area contributed by atoms with Crippen molar-refractivity contribution in [1.29, 1.82) is 0 Å². The molecule has 184 valence electrons. The van der Waals surface area contributed by atoms with Crippen LogP contribution in [0.3, 0.4) is 0 Å². The number of ether oxygens (including phenoxy) is 3. The Kier molecular flexibility index (Phi) is 7.39. The van der Waals surface area contributed by atoms with Crippen molar-refractivity contribution in [3.8, 4) is 11.5 Å². The van der Waals surface area contributed by atoms with Crippen LogP contribution in [-0.2, 0) is 16.8 Å². The molecule has 5 heteroatoms. The Morgan fingerprint density at radius 2 is 1.33 bits per heavy atom. The number of esters is 1. The number of benzene rings is 4. The third kappa shape index (κ3) is 6.11. The second-order valence-electron chi connectivity index (χ2n) is 9.69. The van der Waals surface area contributed by atoms with Crippen LogP contribution < -0.4 is 9.47 Å². The zero-order chi connectivity index (χ0) is 25.7. The zero-order valence-electron chi connectivity index (χ0n) is 21.0. The lowest BCUT2D eigenvalue weighted by atomic mass is 9.87. The quantitative estimate of drug-likeness (QED) is 0.205. The normalized spacial score (nSPS) is 11.2. The molecular weight excluding hydrogens is 452 g/mol. The molecule has 0 aliphatic rings. The summed E-state index contributed by atoms with van der Waals surface area (Å²) >= 11 is 0. The van der Waals surface area contributed by atoms with Crippen LogP contribution in [-0.4, -0.2) is 25.5 Å². The van der Waals surface area contributed by atoms with Crippen molar-refractivity contribution in [3.05, 3.63) is 107 Å². The predicted molar refractivity (Wildman–Crippen MR) is 141 cm³/mol. The summed E-state index contributed by atoms with van der Waals surface area (Å²) in [5, 5.41) is 1.88. The Hall–Kier alpha value is -4.12. The van der Waals surface area contributed by atoms with Crippen LogP contribution in [0.4, 0.5) is 0 Å². The summed E-state index contributed by atoms with van der Waals surface area (Å²) in [4.78, 5) is 25.0. The predicted octanol–water partition coefficient (Wildman–Crippen LogP) is 6.76. The van der Waals surface area contributed by atoms with Crippen LogP contribution in [0, 0.1) is 0 Å². The van der Waals surface area contributed by atoms with Gasteiger partial charge in [-0.3, -0.25) is 4.79 Å². The minimum atomic E-state index is -0.542. The molecule has 0 N–H and O–H groups in total. The minimum absolute atomic E-state index is 0.0949. The van der Waals surface area contributed by atoms with Crippen molar-refractivity contribution < 1.29 is 23.8 Å². The molecule has 0 atom stereocenters. The number of hydrogen-bond donors (Lipinski definition) is 0. The maximum atomic E-state index is 12.6. The summed E-state index contributed by atoms with van der Waals surface area (Å²) in [6.07, 6.45) is 0. The van der Waals surface area contributed by atoms with Crippen molar-refractivity contribution in [2.24, 2.45) is 0 Å². The number of rotatable bonds is 8. The van der Waals surface area contributed by atoms with E-state index in [1.165, 1.54) is 5.56 Å². The standard InChI is InChI=1S/C31H30O5/c1-31(2,3)26-12-15-27(16-13-26)35-19-21-5-7-22(8-6-21)30(33)36-20-29(32)25-10-9-24-18-28(34-4)14-11-23(24)17-25/h5-18H,19-20H2,1-4H3. The fraction of sp³-hybridized carbons (Fsp3) is 0.226. The fourth-order valence-electron chi connectivity index (χ4n) is 3.78. The summed E-state index contributed by atoms with van der Waals surface area (Å²) in [5.74, 6) is 0.739. The van der Waals surface area contributed by atoms with Gasteiger partial charge in [0.25, 0.3) is 0 Å². The maximum Gasteiger partial charge on any atom is 0.338 e. The molecule has 0 saturated heterocycles. The van der Waals surface area contributed by atoms with Crippen molar-refractivity contribution in [1.82, 2.24) is 0 Å². The van der Waals surface area contributed by atoms with Gasteiger partial charge < -0.3 is 14.2 Å². The molecule has 0 aromatic heterocycles. The lowest BCUT2D eigenvalue weighted by Crippen LogP contribution is -2.14. The molecule has 4 rings (SSSR count). The van der Waals surface area contributed by atoms with E-state index in [-0.39, 0.29) is 17.8 Å². The number of Topliss-reactive ketones (excluding diaryl/α,β-unsaturated/α-hetero) is 1. The van der Waals surface area contributed by atoms with Gasteiger partial charge in [0.15, 0.2) is 12.4 Å². The Bertz CT molecular complexity index is 1360. The molecule has 0 spiro atoms. The molecular formula is C31H30O5. The number of carbonyl (C=O) groups is 2. The number of fused-ring (bicyclic) bond motifs is 1. The van der Waals surface area contributed by atoms with Crippen molar-refractivity contribution >= 4 is 22.5 Å². The molecule has 0 radical (unpaired) electrons. The molecule has 4 aromatic rings. The van der Waals surface area contributed by atoms with Gasteiger partial charge in [0, 0.05) is 5.56 Å². The lowest BCUT2D eigenvalue weighted by molar-refractivity contribution is 0.0475. The van der Waals surface area contributed by atoms with Crippen LogP contribution in [0.2, 0.25) is 0 Å². The van der Waals surface area contributed by atoms with Crippen LogP contribution in [0.5, 0.6) is 11.5 Å². The molecule has 5 nitrogen and oxygen atoms in total. The van der Waals surface area contributed by atoms with Crippen LogP contribution in [0.25, 0.3) is 10.8 Å². The van der Waals surface area contributed by atoms with Gasteiger partial charge in [0.1, 0.15) is 18.1 Å². The number of methoxy groups -OCH3 is 1. The second kappa shape index (κ2) is 10.6. The van der Waals surface area contributed by atoms with Gasteiger partial charge in [-0.1, -0.05) is 63.2 Å². The van der Waals surface area contributed by atoms with Gasteiger partial charge in [0.2, 0.25) is 0 Å². The van der Waals surface area contributed by atoms with Crippen molar-refractivity contribution in [3.63, 3.8) is 0 Å². The number of hydrogen-bond acceptors (Lipinski definition) is 5. The average Bonchev–Trinajstić information content (AvgIpc) is 2.89. The lowest BCUT2D eigenvalue weighted by Gasteiger charge is -2.19. The van der Waals surface area contributed by atoms with Crippen molar-refractivity contribution in [2.75, 3.05) is 13.7 Å². The summed E-state index contributed by atoms with van der Waals surface area (Å²) in [5.41, 5.74) is 3.14. The largest absolute Gasteiger partial charge is 0.497 e. The molecule has 0 fully saturated rings. The average molecular weight is 483 g/mol. The molecule has 0 amide bonds. The van der Waals surface area contributed by atoms with Gasteiger partial charge in [-0.2, -0.15) is 0 Å². The fourth-order valence-corrected chi connectivity index (χ4v) is 3.78. The Labute approximate surface area is 211 Å². The van der Waals surface area contributed by atoms with E-state index in [0.29, 0.717) is 17.7 Å². The highest BCUT2D eigenvalue weighted by molar-refractivity contribution is 6.02. The number of carbonyl (C=O) groups excluding carboxylic acids is 2. The molecule has 0 unspecified atom stereocenters. The van der Waals surface area contributed by atoms with E-state index in [1.807, 2.05) is 48.5 Å². The molecule has 4 aromatic carbocycles. The molecule has 0 heterocycles. The maximum absolute atomic E-state index is 12.6. The van der Waals surface area contributed by atoms with E-state index in [2.05, 4.69) is 32.9 Å². The first-order valence-corrected chi connectivity index (χ1v) is 11.8. The summed E-state index contributed by atoms with van der Waals surface area (Å²) in [6, 6.07) is 26.1. The van der Waals surface area contributed by atoms with Crippen LogP contribution in [0.1, 0.15) is 52.6 Å². The van der Waals surface area contributed by atoms with Crippen LogP contribution >= 0.6 is 0 Å². The monoisotopic (exact) mass is 482 g/mol. The first kappa shape index (κ1) is 25.0. The Morgan fingerprint density at radius 3 is 2.00 bits per heavy atom. The smallest absolute Gasteiger partial charge is 0.338 e. The Balaban J connectivity index is 1.30. The van der Waals surface area contributed by atoms with Gasteiger partial charge in [-0.25, -0.2) is 4.79 Å². The van der Waals surface area contributed by atoms with Gasteiger partial charge >= 0.3 is 5.97 Å². The van der Waals surface area contributed by atoms with Crippen molar-refractivity contribution in [2.45, 2.75) is 32.8 Å². The molecule has 36 heavy (non-hydrogen) atoms. The van der Waals surface area contributed by atoms with E-state index in [1.54, 1.807) is 31.4 Å². The summed E-state index contributed by atoms with van der Waals surface area (Å²) in [7, 11) is 1.61. The topological polar surface area (TPSA) is 61.8 Å². The number of ketones is 1. The van der Waals surface area contributed by atoms with E-state index < -0.39 is 5.97 Å². The molecule has 0 bridgehead atoms. The highest BCUT2D eigenvalue weighted by Gasteiger charge is 2.14. The first-order valence-electron chi connectivity index (χ1n) is 11.8. The highest BCUT2D eigenvalue weighted by Crippen LogP contribution is 2.25. The molecule has 0 aliphatic carbocycles. The third-order valence-corrected chi connectivity index (χ3v) is 6.02. The SMILES string of the molecule is COc1ccc2cc(C(=O)COC(=O)c3ccc(COc4ccc(C(C)(C)C)cc4)cc3)ccc2c1. The van der Waals surface area contributed by atoms with E-state index in [0.717, 1.165) is 27.8 Å². The molecule has 0 aliphatic heterocycles. The summed E-state index contributed by atoms with van der Waals surface area (Å²) in [6.45, 7) is 6.58. The minimum Gasteiger partial charge on any atom is -0.497 e. The second-order valence-corrected chi connectivity index (χ2v) is 9.69. The van der Waals surface area contributed by atoms with Gasteiger partial charge in [0.05, 0.1) is 12.7 Å². The third-order valence-electron chi connectivity index (χ3n) is 6.02. The highest BCUT2D eigenvalue weighted by atomic mass is 16.5.